The van der Waals surface area contributed by atoms with E-state index in [1.165, 1.54) is 38.2 Å². The molecule has 2 heteroatoms. The lowest BCUT2D eigenvalue weighted by molar-refractivity contribution is -0.137. The SMILES string of the molecule is C=CC(=O)OCCC/C=C/CCCCCC. The number of hydrogen-bond donors (Lipinski definition) is 0. The van der Waals surface area contributed by atoms with Crippen LogP contribution in [0.4, 0.5) is 0 Å². The number of allylic oxidation sites excluding steroid dienone is 2. The minimum absolute atomic E-state index is 0.330. The van der Waals surface area contributed by atoms with Crippen LogP contribution in [0.25, 0.3) is 0 Å². The van der Waals surface area contributed by atoms with Crippen LogP contribution in [0.15, 0.2) is 24.8 Å². The molecule has 0 rings (SSSR count). The van der Waals surface area contributed by atoms with Crippen molar-refractivity contribution in [1.82, 2.24) is 0 Å². The van der Waals surface area contributed by atoms with Crippen molar-refractivity contribution in [3.63, 3.8) is 0 Å². The Kier molecular flexibility index (Phi) is 11.2. The van der Waals surface area contributed by atoms with Crippen LogP contribution >= 0.6 is 0 Å². The van der Waals surface area contributed by atoms with Crippen LogP contribution < -0.4 is 0 Å². The fourth-order valence-electron chi connectivity index (χ4n) is 1.36. The van der Waals surface area contributed by atoms with Gasteiger partial charge in [-0.15, -0.1) is 0 Å². The second kappa shape index (κ2) is 12.0. The second-order valence-electron chi connectivity index (χ2n) is 3.83. The van der Waals surface area contributed by atoms with E-state index in [9.17, 15) is 4.79 Å². The van der Waals surface area contributed by atoms with Gasteiger partial charge in [0.1, 0.15) is 0 Å². The molecule has 16 heavy (non-hydrogen) atoms. The predicted molar refractivity (Wildman–Crippen MR) is 68.3 cm³/mol. The maximum absolute atomic E-state index is 10.7. The van der Waals surface area contributed by atoms with Crippen LogP contribution in [0.1, 0.15) is 51.9 Å². The standard InChI is InChI=1S/C14H24O2/c1-3-5-6-7-8-9-10-11-12-13-16-14(15)4-2/h4,9-10H,2-3,5-8,11-13H2,1H3/b10-9+. The minimum atomic E-state index is -0.330. The first kappa shape index (κ1) is 14.9. The van der Waals surface area contributed by atoms with Crippen LogP contribution in [-0.2, 0) is 9.53 Å². The van der Waals surface area contributed by atoms with E-state index in [0.29, 0.717) is 6.61 Å². The highest BCUT2D eigenvalue weighted by Gasteiger charge is 1.92. The summed E-state index contributed by atoms with van der Waals surface area (Å²) in [7, 11) is 0. The number of hydrogen-bond acceptors (Lipinski definition) is 2. The average molecular weight is 224 g/mol. The van der Waals surface area contributed by atoms with Gasteiger partial charge in [-0.05, 0) is 25.7 Å². The molecule has 0 amide bonds. The van der Waals surface area contributed by atoms with Crippen LogP contribution in [-0.4, -0.2) is 12.6 Å². The molecule has 0 unspecified atom stereocenters. The first-order chi connectivity index (χ1) is 7.81. The van der Waals surface area contributed by atoms with E-state index >= 15 is 0 Å². The quantitative estimate of drug-likeness (QED) is 0.242. The van der Waals surface area contributed by atoms with E-state index < -0.39 is 0 Å². The van der Waals surface area contributed by atoms with Gasteiger partial charge in [0.15, 0.2) is 0 Å². The first-order valence-electron chi connectivity index (χ1n) is 6.25. The van der Waals surface area contributed by atoms with Crippen molar-refractivity contribution in [1.29, 1.82) is 0 Å². The molecule has 0 saturated carbocycles. The van der Waals surface area contributed by atoms with Crippen molar-refractivity contribution >= 4 is 5.97 Å². The number of rotatable bonds is 10. The Labute approximate surface area is 99.4 Å². The van der Waals surface area contributed by atoms with Gasteiger partial charge in [0.25, 0.3) is 0 Å². The third-order valence-corrected chi connectivity index (χ3v) is 2.32. The molecule has 0 radical (unpaired) electrons. The Bertz CT molecular complexity index is 207. The van der Waals surface area contributed by atoms with Gasteiger partial charge in [-0.1, -0.05) is 44.9 Å². The normalized spacial score (nSPS) is 10.6. The van der Waals surface area contributed by atoms with E-state index in [-0.39, 0.29) is 5.97 Å². The fourth-order valence-corrected chi connectivity index (χ4v) is 1.36. The van der Waals surface area contributed by atoms with E-state index in [0.717, 1.165) is 12.8 Å². The van der Waals surface area contributed by atoms with Crippen molar-refractivity contribution in [3.8, 4) is 0 Å². The maximum Gasteiger partial charge on any atom is 0.330 e. The van der Waals surface area contributed by atoms with Gasteiger partial charge in [-0.25, -0.2) is 4.79 Å². The predicted octanol–water partition coefficient (Wildman–Crippen LogP) is 4.02. The summed E-state index contributed by atoms with van der Waals surface area (Å²) in [4.78, 5) is 10.7. The van der Waals surface area contributed by atoms with Gasteiger partial charge in [0, 0.05) is 6.08 Å². The molecule has 0 aliphatic carbocycles. The molecule has 0 aromatic rings. The smallest absolute Gasteiger partial charge is 0.330 e. The number of esters is 1. The summed E-state index contributed by atoms with van der Waals surface area (Å²) >= 11 is 0. The third-order valence-electron chi connectivity index (χ3n) is 2.32. The Hall–Kier alpha value is -1.05. The first-order valence-corrected chi connectivity index (χ1v) is 6.25. The average Bonchev–Trinajstić information content (AvgIpc) is 2.31. The zero-order valence-electron chi connectivity index (χ0n) is 10.4. The summed E-state index contributed by atoms with van der Waals surface area (Å²) in [6.45, 7) is 6.05. The highest BCUT2D eigenvalue weighted by atomic mass is 16.5. The molecule has 0 bridgehead atoms. The molecule has 0 N–H and O–H groups in total. The van der Waals surface area contributed by atoms with Gasteiger partial charge in [-0.2, -0.15) is 0 Å². The molecule has 0 spiro atoms. The molecule has 0 aliphatic rings. The maximum atomic E-state index is 10.7. The highest BCUT2D eigenvalue weighted by molar-refractivity contribution is 5.81. The Morgan fingerprint density at radius 3 is 2.44 bits per heavy atom. The van der Waals surface area contributed by atoms with E-state index in [1.54, 1.807) is 0 Å². The van der Waals surface area contributed by atoms with Crippen molar-refractivity contribution in [2.45, 2.75) is 51.9 Å². The van der Waals surface area contributed by atoms with Crippen molar-refractivity contribution in [2.24, 2.45) is 0 Å². The molecule has 0 aromatic carbocycles. The van der Waals surface area contributed by atoms with E-state index in [4.69, 9.17) is 4.74 Å². The third kappa shape index (κ3) is 11.0. The lowest BCUT2D eigenvalue weighted by Crippen LogP contribution is -2.00. The number of unbranched alkanes of at least 4 members (excludes halogenated alkanes) is 5. The summed E-state index contributed by atoms with van der Waals surface area (Å²) in [5.74, 6) is -0.330. The lowest BCUT2D eigenvalue weighted by atomic mass is 10.1. The van der Waals surface area contributed by atoms with Crippen LogP contribution in [0, 0.1) is 0 Å². The van der Waals surface area contributed by atoms with Crippen LogP contribution in [0.5, 0.6) is 0 Å². The van der Waals surface area contributed by atoms with Gasteiger partial charge < -0.3 is 4.74 Å². The molecule has 0 saturated heterocycles. The summed E-state index contributed by atoms with van der Waals surface area (Å²) in [5.41, 5.74) is 0. The molecule has 0 aromatic heterocycles. The van der Waals surface area contributed by atoms with Crippen molar-refractivity contribution in [2.75, 3.05) is 6.61 Å². The van der Waals surface area contributed by atoms with Crippen molar-refractivity contribution < 1.29 is 9.53 Å². The molecular formula is C14H24O2. The van der Waals surface area contributed by atoms with Crippen molar-refractivity contribution in [3.05, 3.63) is 24.8 Å². The highest BCUT2D eigenvalue weighted by Crippen LogP contribution is 2.03. The van der Waals surface area contributed by atoms with Gasteiger partial charge >= 0.3 is 5.97 Å². The fraction of sp³-hybridized carbons (Fsp3) is 0.643. The molecule has 0 heterocycles. The Morgan fingerprint density at radius 1 is 1.12 bits per heavy atom. The molecule has 0 atom stereocenters. The zero-order chi connectivity index (χ0) is 12.1. The molecular weight excluding hydrogens is 200 g/mol. The Morgan fingerprint density at radius 2 is 1.81 bits per heavy atom. The van der Waals surface area contributed by atoms with E-state index in [1.807, 2.05) is 0 Å². The molecule has 0 fully saturated rings. The number of ether oxygens (including phenoxy) is 1. The minimum Gasteiger partial charge on any atom is -0.463 e. The van der Waals surface area contributed by atoms with Gasteiger partial charge in [-0.3, -0.25) is 0 Å². The largest absolute Gasteiger partial charge is 0.463 e. The second-order valence-corrected chi connectivity index (χ2v) is 3.83. The summed E-state index contributed by atoms with van der Waals surface area (Å²) in [6, 6.07) is 0. The summed E-state index contributed by atoms with van der Waals surface area (Å²) < 4.78 is 4.86. The summed E-state index contributed by atoms with van der Waals surface area (Å²) in [6.07, 6.45) is 13.9. The monoisotopic (exact) mass is 224 g/mol. The number of carbonyl (C=O) groups is 1. The van der Waals surface area contributed by atoms with Gasteiger partial charge in [0.05, 0.1) is 6.61 Å². The lowest BCUT2D eigenvalue weighted by Gasteiger charge is -1.98. The van der Waals surface area contributed by atoms with Crippen LogP contribution in [0.2, 0.25) is 0 Å². The number of carbonyl (C=O) groups excluding carboxylic acids is 1. The van der Waals surface area contributed by atoms with E-state index in [2.05, 4.69) is 25.7 Å². The molecule has 0 aliphatic heterocycles. The topological polar surface area (TPSA) is 26.3 Å². The summed E-state index contributed by atoms with van der Waals surface area (Å²) in [5, 5.41) is 0. The van der Waals surface area contributed by atoms with Crippen LogP contribution in [0.3, 0.4) is 0 Å². The zero-order valence-corrected chi connectivity index (χ0v) is 10.4. The molecule has 2 nitrogen and oxygen atoms in total. The Balaban J connectivity index is 3.15. The molecule has 92 valence electrons. The van der Waals surface area contributed by atoms with Gasteiger partial charge in [0.2, 0.25) is 0 Å².